The Balaban J connectivity index is 1.32. The molecule has 4 heteroatoms. The summed E-state index contributed by atoms with van der Waals surface area (Å²) >= 11 is 0. The van der Waals surface area contributed by atoms with Crippen LogP contribution in [0.2, 0.25) is 0 Å². The van der Waals surface area contributed by atoms with E-state index in [1.54, 1.807) is 0 Å². The van der Waals surface area contributed by atoms with Crippen molar-refractivity contribution in [3.05, 3.63) is 23.8 Å². The molecule has 0 aromatic heterocycles. The van der Waals surface area contributed by atoms with Crippen molar-refractivity contribution >= 4 is 0 Å². The zero-order valence-corrected chi connectivity index (χ0v) is 15.1. The van der Waals surface area contributed by atoms with Gasteiger partial charge in [0.25, 0.3) is 0 Å². The number of rotatable bonds is 4. The molecular weight excluding hydrogens is 316 g/mol. The first kappa shape index (κ1) is 17.7. The molecule has 7 atom stereocenters. The smallest absolute Gasteiger partial charge is 0.177 e. The molecule has 0 aromatic carbocycles. The van der Waals surface area contributed by atoms with Crippen LogP contribution in [0.15, 0.2) is 23.8 Å². The summed E-state index contributed by atoms with van der Waals surface area (Å²) in [5, 5.41) is 20.0. The molecule has 140 valence electrons. The summed E-state index contributed by atoms with van der Waals surface area (Å²) in [5.41, 5.74) is 1.08. The van der Waals surface area contributed by atoms with Gasteiger partial charge >= 0.3 is 0 Å². The molecule has 1 heterocycles. The van der Waals surface area contributed by atoms with E-state index in [0.717, 1.165) is 36.2 Å². The minimum Gasteiger partial charge on any atom is -0.368 e. The Hall–Kier alpha value is -0.680. The molecule has 0 aromatic rings. The van der Waals surface area contributed by atoms with Crippen LogP contribution < -0.4 is 0 Å². The van der Waals surface area contributed by atoms with Crippen LogP contribution in [0.5, 0.6) is 0 Å². The molecule has 0 spiro atoms. The van der Waals surface area contributed by atoms with E-state index in [0.29, 0.717) is 25.6 Å². The number of ether oxygens (including phenoxy) is 2. The largest absolute Gasteiger partial charge is 0.368 e. The lowest BCUT2D eigenvalue weighted by atomic mass is 9.64. The van der Waals surface area contributed by atoms with Gasteiger partial charge in [-0.15, -0.1) is 0 Å². The highest BCUT2D eigenvalue weighted by Crippen LogP contribution is 2.48. The van der Waals surface area contributed by atoms with Crippen LogP contribution in [0.25, 0.3) is 0 Å². The SMILES string of the molecule is OC1CC(COC(O)C2=CCCC3CC4C=CCCC4CC3C2)CO1. The van der Waals surface area contributed by atoms with Crippen LogP contribution in [0, 0.1) is 29.6 Å². The molecule has 2 fully saturated rings. The molecule has 4 rings (SSSR count). The van der Waals surface area contributed by atoms with E-state index in [4.69, 9.17) is 9.47 Å². The van der Waals surface area contributed by atoms with Gasteiger partial charge in [0.2, 0.25) is 0 Å². The van der Waals surface area contributed by atoms with Gasteiger partial charge in [0.1, 0.15) is 0 Å². The quantitative estimate of drug-likeness (QED) is 0.604. The first-order valence-electron chi connectivity index (χ1n) is 10.1. The van der Waals surface area contributed by atoms with Gasteiger partial charge in [-0.25, -0.2) is 0 Å². The van der Waals surface area contributed by atoms with E-state index in [-0.39, 0.29) is 5.92 Å². The topological polar surface area (TPSA) is 58.9 Å². The van der Waals surface area contributed by atoms with Gasteiger partial charge in [-0.3, -0.25) is 0 Å². The minimum atomic E-state index is -0.791. The molecule has 7 unspecified atom stereocenters. The average Bonchev–Trinajstić information content (AvgIpc) is 2.92. The summed E-state index contributed by atoms with van der Waals surface area (Å²) in [6.45, 7) is 0.980. The summed E-state index contributed by atoms with van der Waals surface area (Å²) in [7, 11) is 0. The second kappa shape index (κ2) is 7.91. The van der Waals surface area contributed by atoms with Gasteiger partial charge in [-0.2, -0.15) is 0 Å². The Kier molecular flexibility index (Phi) is 5.61. The summed E-state index contributed by atoms with van der Waals surface area (Å²) in [5.74, 6) is 3.33. The first-order valence-corrected chi connectivity index (χ1v) is 10.1. The maximum absolute atomic E-state index is 10.5. The van der Waals surface area contributed by atoms with E-state index in [1.807, 2.05) is 0 Å². The van der Waals surface area contributed by atoms with Gasteiger partial charge < -0.3 is 19.7 Å². The normalized spacial score (nSPS) is 42.2. The summed E-state index contributed by atoms with van der Waals surface area (Å²) in [6.07, 6.45) is 14.7. The second-order valence-corrected chi connectivity index (χ2v) is 8.56. The fourth-order valence-corrected chi connectivity index (χ4v) is 5.43. The fraction of sp³-hybridized carbons (Fsp3) is 0.810. The molecule has 4 aliphatic rings. The lowest BCUT2D eigenvalue weighted by molar-refractivity contribution is -0.0878. The highest BCUT2D eigenvalue weighted by Gasteiger charge is 2.38. The van der Waals surface area contributed by atoms with E-state index in [9.17, 15) is 10.2 Å². The third-order valence-corrected chi connectivity index (χ3v) is 6.85. The molecule has 1 saturated heterocycles. The maximum atomic E-state index is 10.5. The molecule has 1 aliphatic heterocycles. The molecule has 0 amide bonds. The standard InChI is InChI=1S/C21H32O4/c22-20-8-14(12-24-20)13-25-21(23)18-7-3-6-17-9-15-4-1-2-5-16(15)10-19(17)11-18/h1,4,7,14-17,19-23H,2-3,5-6,8-13H2. The Bertz CT molecular complexity index is 514. The highest BCUT2D eigenvalue weighted by atomic mass is 16.6. The number of aliphatic hydroxyl groups is 2. The summed E-state index contributed by atoms with van der Waals surface area (Å²) in [6, 6.07) is 0. The predicted molar refractivity (Wildman–Crippen MR) is 95.5 cm³/mol. The van der Waals surface area contributed by atoms with E-state index >= 15 is 0 Å². The van der Waals surface area contributed by atoms with Crippen molar-refractivity contribution < 1.29 is 19.7 Å². The Labute approximate surface area is 150 Å². The monoisotopic (exact) mass is 348 g/mol. The van der Waals surface area contributed by atoms with Crippen LogP contribution in [-0.4, -0.2) is 36.0 Å². The van der Waals surface area contributed by atoms with Crippen LogP contribution in [0.1, 0.15) is 51.4 Å². The lowest BCUT2D eigenvalue weighted by Gasteiger charge is -2.42. The summed E-state index contributed by atoms with van der Waals surface area (Å²) in [4.78, 5) is 0. The van der Waals surface area contributed by atoms with Gasteiger partial charge in [0.05, 0.1) is 13.2 Å². The zero-order chi connectivity index (χ0) is 17.2. The first-order chi connectivity index (χ1) is 12.2. The van der Waals surface area contributed by atoms with Crippen LogP contribution in [-0.2, 0) is 9.47 Å². The second-order valence-electron chi connectivity index (χ2n) is 8.56. The summed E-state index contributed by atoms with van der Waals surface area (Å²) < 4.78 is 10.9. The molecule has 4 nitrogen and oxygen atoms in total. The third kappa shape index (κ3) is 4.19. The predicted octanol–water partition coefficient (Wildman–Crippen LogP) is 3.40. The van der Waals surface area contributed by atoms with Crippen molar-refractivity contribution in [3.8, 4) is 0 Å². The van der Waals surface area contributed by atoms with E-state index in [2.05, 4.69) is 18.2 Å². The molecule has 2 N–H and O–H groups in total. The van der Waals surface area contributed by atoms with Gasteiger partial charge in [0.15, 0.2) is 12.6 Å². The molecule has 0 radical (unpaired) electrons. The molecule has 25 heavy (non-hydrogen) atoms. The molecular formula is C21H32O4. The van der Waals surface area contributed by atoms with E-state index < -0.39 is 12.6 Å². The Morgan fingerprint density at radius 1 is 1.12 bits per heavy atom. The number of allylic oxidation sites excluding steroid dienone is 3. The third-order valence-electron chi connectivity index (χ3n) is 6.85. The van der Waals surface area contributed by atoms with Gasteiger partial charge in [-0.05, 0) is 74.2 Å². The number of fused-ring (bicyclic) bond motifs is 2. The van der Waals surface area contributed by atoms with Gasteiger partial charge in [0, 0.05) is 12.3 Å². The van der Waals surface area contributed by atoms with Crippen molar-refractivity contribution in [1.82, 2.24) is 0 Å². The van der Waals surface area contributed by atoms with Crippen molar-refractivity contribution in [2.24, 2.45) is 29.6 Å². The Morgan fingerprint density at radius 2 is 2.00 bits per heavy atom. The van der Waals surface area contributed by atoms with Crippen molar-refractivity contribution in [2.45, 2.75) is 63.9 Å². The van der Waals surface area contributed by atoms with Crippen LogP contribution in [0.4, 0.5) is 0 Å². The Morgan fingerprint density at radius 3 is 2.84 bits per heavy atom. The zero-order valence-electron chi connectivity index (χ0n) is 15.1. The van der Waals surface area contributed by atoms with Crippen LogP contribution in [0.3, 0.4) is 0 Å². The molecule has 0 bridgehead atoms. The van der Waals surface area contributed by atoms with Crippen molar-refractivity contribution in [2.75, 3.05) is 13.2 Å². The number of aliphatic hydroxyl groups excluding tert-OH is 2. The fourth-order valence-electron chi connectivity index (χ4n) is 5.43. The number of hydrogen-bond acceptors (Lipinski definition) is 4. The van der Waals surface area contributed by atoms with Gasteiger partial charge in [-0.1, -0.05) is 18.2 Å². The highest BCUT2D eigenvalue weighted by molar-refractivity contribution is 5.11. The lowest BCUT2D eigenvalue weighted by Crippen LogP contribution is -2.33. The van der Waals surface area contributed by atoms with Crippen molar-refractivity contribution in [3.63, 3.8) is 0 Å². The maximum Gasteiger partial charge on any atom is 0.177 e. The van der Waals surface area contributed by atoms with E-state index in [1.165, 1.54) is 32.1 Å². The molecule has 1 saturated carbocycles. The number of hydrogen-bond donors (Lipinski definition) is 2. The minimum absolute atomic E-state index is 0.188. The molecule has 3 aliphatic carbocycles. The van der Waals surface area contributed by atoms with Crippen LogP contribution >= 0.6 is 0 Å². The van der Waals surface area contributed by atoms with Crippen molar-refractivity contribution in [1.29, 1.82) is 0 Å². The average molecular weight is 348 g/mol.